The summed E-state index contributed by atoms with van der Waals surface area (Å²) in [5.74, 6) is -0.0686. The second-order valence-corrected chi connectivity index (χ2v) is 10.8. The molecule has 9 heteroatoms. The number of amides is 1. The number of aromatic nitrogens is 3. The van der Waals surface area contributed by atoms with E-state index in [0.717, 1.165) is 11.1 Å². The lowest BCUT2D eigenvalue weighted by atomic mass is 10.0. The van der Waals surface area contributed by atoms with Crippen LogP contribution in [0.2, 0.25) is 0 Å². The number of benzene rings is 1. The van der Waals surface area contributed by atoms with Crippen LogP contribution < -0.4 is 5.32 Å². The van der Waals surface area contributed by atoms with Gasteiger partial charge in [0.15, 0.2) is 15.5 Å². The zero-order valence-electron chi connectivity index (χ0n) is 18.8. The van der Waals surface area contributed by atoms with Crippen molar-refractivity contribution in [3.63, 3.8) is 0 Å². The third kappa shape index (κ3) is 4.40. The Morgan fingerprint density at radius 2 is 2.00 bits per heavy atom. The normalized spacial score (nSPS) is 18.7. The van der Waals surface area contributed by atoms with Crippen LogP contribution in [0.4, 0.5) is 0 Å². The summed E-state index contributed by atoms with van der Waals surface area (Å²) in [6.45, 7) is 6.10. The number of sulfone groups is 1. The quantitative estimate of drug-likeness (QED) is 0.612. The van der Waals surface area contributed by atoms with Crippen LogP contribution in [0.15, 0.2) is 30.3 Å². The number of pyridine rings is 1. The van der Waals surface area contributed by atoms with E-state index in [4.69, 9.17) is 9.72 Å². The fourth-order valence-electron chi connectivity index (χ4n) is 4.18. The van der Waals surface area contributed by atoms with Gasteiger partial charge < -0.3 is 10.1 Å². The first-order chi connectivity index (χ1) is 15.2. The Kier molecular flexibility index (Phi) is 6.05. The topological polar surface area (TPSA) is 103 Å². The summed E-state index contributed by atoms with van der Waals surface area (Å²) in [7, 11) is -1.51. The van der Waals surface area contributed by atoms with Crippen LogP contribution >= 0.6 is 0 Å². The molecule has 4 rings (SSSR count). The fourth-order valence-corrected chi connectivity index (χ4v) is 5.87. The van der Waals surface area contributed by atoms with E-state index in [1.165, 1.54) is 0 Å². The van der Waals surface area contributed by atoms with Gasteiger partial charge in [-0.05, 0) is 33.3 Å². The molecular weight excluding hydrogens is 428 g/mol. The average Bonchev–Trinajstić information content (AvgIpc) is 3.27. The number of methoxy groups -OCH3 is 1. The van der Waals surface area contributed by atoms with Crippen LogP contribution in [0.1, 0.15) is 41.0 Å². The predicted octanol–water partition coefficient (Wildman–Crippen LogP) is 2.84. The van der Waals surface area contributed by atoms with E-state index >= 15 is 0 Å². The van der Waals surface area contributed by atoms with Crippen molar-refractivity contribution in [3.05, 3.63) is 47.2 Å². The molecule has 1 fully saturated rings. The highest BCUT2D eigenvalue weighted by atomic mass is 32.2. The molecule has 1 aliphatic heterocycles. The van der Waals surface area contributed by atoms with E-state index in [-0.39, 0.29) is 29.5 Å². The lowest BCUT2D eigenvalue weighted by molar-refractivity contribution is 0.0907. The summed E-state index contributed by atoms with van der Waals surface area (Å²) >= 11 is 0. The molecule has 1 aliphatic rings. The first kappa shape index (κ1) is 22.4. The van der Waals surface area contributed by atoms with E-state index in [1.54, 1.807) is 17.9 Å². The van der Waals surface area contributed by atoms with Gasteiger partial charge in [-0.25, -0.2) is 18.1 Å². The molecular formula is C23H28N4O4S. The zero-order valence-corrected chi connectivity index (χ0v) is 19.6. The van der Waals surface area contributed by atoms with Crippen LogP contribution in [-0.4, -0.2) is 60.4 Å². The number of ether oxygens (including phenoxy) is 1. The molecule has 0 unspecified atom stereocenters. The molecule has 1 saturated heterocycles. The fraction of sp³-hybridized carbons (Fsp3) is 0.435. The molecule has 8 nitrogen and oxygen atoms in total. The van der Waals surface area contributed by atoms with Gasteiger partial charge in [0.1, 0.15) is 0 Å². The zero-order chi connectivity index (χ0) is 23.0. The van der Waals surface area contributed by atoms with Crippen molar-refractivity contribution < 1.29 is 17.9 Å². The van der Waals surface area contributed by atoms with Crippen LogP contribution in [0.3, 0.4) is 0 Å². The summed E-state index contributed by atoms with van der Waals surface area (Å²) in [5, 5.41) is 8.25. The van der Waals surface area contributed by atoms with Gasteiger partial charge in [0.25, 0.3) is 5.91 Å². The molecule has 0 bridgehead atoms. The third-order valence-corrected chi connectivity index (χ3v) is 7.53. The molecule has 2 aromatic heterocycles. The molecule has 1 aromatic carbocycles. The van der Waals surface area contributed by atoms with Crippen LogP contribution in [0, 0.1) is 13.8 Å². The Morgan fingerprint density at radius 3 is 2.62 bits per heavy atom. The summed E-state index contributed by atoms with van der Waals surface area (Å²) < 4.78 is 31.0. The summed E-state index contributed by atoms with van der Waals surface area (Å²) in [4.78, 5) is 18.1. The number of nitrogens with zero attached hydrogens (tertiary/aromatic N) is 3. The molecule has 32 heavy (non-hydrogen) atoms. The molecule has 1 amide bonds. The Bertz CT molecular complexity index is 1270. The van der Waals surface area contributed by atoms with Gasteiger partial charge in [-0.2, -0.15) is 5.10 Å². The maximum absolute atomic E-state index is 13.2. The Morgan fingerprint density at radius 1 is 1.28 bits per heavy atom. The maximum Gasteiger partial charge on any atom is 0.252 e. The third-order valence-electron chi connectivity index (χ3n) is 5.78. The molecule has 0 spiro atoms. The van der Waals surface area contributed by atoms with Crippen molar-refractivity contribution in [1.82, 2.24) is 20.1 Å². The van der Waals surface area contributed by atoms with E-state index in [1.807, 2.05) is 45.0 Å². The molecule has 0 radical (unpaired) electrons. The number of rotatable bonds is 6. The number of hydrogen-bond acceptors (Lipinski definition) is 6. The maximum atomic E-state index is 13.2. The highest BCUT2D eigenvalue weighted by Gasteiger charge is 2.32. The monoisotopic (exact) mass is 456 g/mol. The number of fused-ring (bicyclic) bond motifs is 1. The van der Waals surface area contributed by atoms with Crippen LogP contribution in [0.25, 0.3) is 22.3 Å². The minimum atomic E-state index is -3.10. The van der Waals surface area contributed by atoms with Crippen molar-refractivity contribution in [2.75, 3.05) is 25.2 Å². The van der Waals surface area contributed by atoms with Crippen molar-refractivity contribution in [2.45, 2.75) is 39.3 Å². The SMILES string of the molecule is COC[C@@H](C)NC(=O)c1cc(-c2ccc(C)cc2)nc2c1c(C)nn2[C@@H]1CCS(=O)(=O)C1. The average molecular weight is 457 g/mol. The second kappa shape index (κ2) is 8.63. The number of nitrogens with one attached hydrogen (secondary N) is 1. The van der Waals surface area contributed by atoms with Gasteiger partial charge >= 0.3 is 0 Å². The van der Waals surface area contributed by atoms with Crippen molar-refractivity contribution in [3.8, 4) is 11.3 Å². The van der Waals surface area contributed by atoms with Crippen LogP contribution in [0.5, 0.6) is 0 Å². The second-order valence-electron chi connectivity index (χ2n) is 8.54. The molecule has 0 saturated carbocycles. The first-order valence-electron chi connectivity index (χ1n) is 10.7. The predicted molar refractivity (Wildman–Crippen MR) is 124 cm³/mol. The Hall–Kier alpha value is -2.78. The molecule has 2 atom stereocenters. The summed E-state index contributed by atoms with van der Waals surface area (Å²) in [6, 6.07) is 9.24. The standard InChI is InChI=1S/C23H28N4O4S/c1-14-5-7-17(8-6-14)20-11-19(23(28)24-15(2)12-31-4)21-16(3)26-27(22(21)25-20)18-9-10-32(29,30)13-18/h5-8,11,15,18H,9-10,12-13H2,1-4H3,(H,24,28)/t15-,18-/m1/s1. The smallest absolute Gasteiger partial charge is 0.252 e. The van der Waals surface area contributed by atoms with Gasteiger partial charge in [0.05, 0.1) is 46.5 Å². The van der Waals surface area contributed by atoms with Crippen LogP contribution in [-0.2, 0) is 14.6 Å². The van der Waals surface area contributed by atoms with E-state index in [9.17, 15) is 13.2 Å². The highest BCUT2D eigenvalue weighted by molar-refractivity contribution is 7.91. The van der Waals surface area contributed by atoms with Gasteiger partial charge in [-0.15, -0.1) is 0 Å². The first-order valence-corrected chi connectivity index (χ1v) is 12.5. The largest absolute Gasteiger partial charge is 0.383 e. The number of carbonyl (C=O) groups is 1. The van der Waals surface area contributed by atoms with Gasteiger partial charge in [-0.1, -0.05) is 29.8 Å². The molecule has 3 aromatic rings. The lowest BCUT2D eigenvalue weighted by Crippen LogP contribution is -2.35. The number of aryl methyl sites for hydroxylation is 2. The van der Waals surface area contributed by atoms with E-state index in [2.05, 4.69) is 10.4 Å². The minimum absolute atomic E-state index is 0.0338. The minimum Gasteiger partial charge on any atom is -0.383 e. The van der Waals surface area contributed by atoms with Crippen molar-refractivity contribution in [1.29, 1.82) is 0 Å². The Labute approximate surface area is 187 Å². The van der Waals surface area contributed by atoms with Crippen molar-refractivity contribution >= 4 is 26.8 Å². The molecule has 3 heterocycles. The Balaban J connectivity index is 1.88. The van der Waals surface area contributed by atoms with E-state index < -0.39 is 9.84 Å². The lowest BCUT2D eigenvalue weighted by Gasteiger charge is -2.15. The molecule has 170 valence electrons. The summed E-state index contributed by atoms with van der Waals surface area (Å²) in [5.41, 5.74) is 4.30. The number of hydrogen-bond donors (Lipinski definition) is 1. The molecule has 0 aliphatic carbocycles. The van der Waals surface area contributed by atoms with Crippen molar-refractivity contribution in [2.24, 2.45) is 0 Å². The number of carbonyl (C=O) groups excluding carboxylic acids is 1. The van der Waals surface area contributed by atoms with Gasteiger partial charge in [-0.3, -0.25) is 4.79 Å². The van der Waals surface area contributed by atoms with E-state index in [0.29, 0.717) is 41.0 Å². The molecule has 1 N–H and O–H groups in total. The van der Waals surface area contributed by atoms with Gasteiger partial charge in [0, 0.05) is 18.7 Å². The highest BCUT2D eigenvalue weighted by Crippen LogP contribution is 2.32. The van der Waals surface area contributed by atoms with Gasteiger partial charge in [0.2, 0.25) is 0 Å². The summed E-state index contributed by atoms with van der Waals surface area (Å²) in [6.07, 6.45) is 0.487.